The maximum atomic E-state index is 11.6. The van der Waals surface area contributed by atoms with Crippen molar-refractivity contribution in [2.24, 2.45) is 0 Å². The van der Waals surface area contributed by atoms with Crippen molar-refractivity contribution in [3.05, 3.63) is 0 Å². The fourth-order valence-electron chi connectivity index (χ4n) is 0.733. The molecule has 0 amide bonds. The molecule has 6 heteroatoms. The molecule has 0 heterocycles. The molecule has 0 saturated carbocycles. The molecule has 0 aromatic rings. The minimum absolute atomic E-state index is 0.193. The van der Waals surface area contributed by atoms with E-state index in [1.807, 2.05) is 27.7 Å². The molecule has 2 N–H and O–H groups in total. The summed E-state index contributed by atoms with van der Waals surface area (Å²) in [4.78, 5) is 1.41. The fourth-order valence-corrected chi connectivity index (χ4v) is 1.87. The molecule has 0 fully saturated rings. The zero-order chi connectivity index (χ0) is 10.6. The molecule has 0 spiro atoms. The van der Waals surface area contributed by atoms with Gasteiger partial charge in [0.15, 0.2) is 0 Å². The Morgan fingerprint density at radius 1 is 1.15 bits per heavy atom. The minimum atomic E-state index is -2.80. The zero-order valence-corrected chi connectivity index (χ0v) is 10.5. The molecule has 0 aliphatic heterocycles. The Kier molecular flexibility index (Phi) is 5.49. The van der Waals surface area contributed by atoms with Gasteiger partial charge < -0.3 is 0 Å². The van der Waals surface area contributed by atoms with Gasteiger partial charge in [-0.2, -0.15) is 0 Å². The first-order valence-electron chi connectivity index (χ1n) is 4.33. The molecule has 13 heavy (non-hydrogen) atoms. The van der Waals surface area contributed by atoms with Gasteiger partial charge in [0.1, 0.15) is 0 Å². The molecule has 0 aliphatic rings. The van der Waals surface area contributed by atoms with Gasteiger partial charge in [0.25, 0.3) is 6.65 Å². The van der Waals surface area contributed by atoms with E-state index >= 15 is 0 Å². The van der Waals surface area contributed by atoms with Crippen LogP contribution >= 0.6 is 17.9 Å². The molecule has 0 rings (SSSR count). The Balaban J connectivity index is 4.29. The largest absolute Gasteiger partial charge is 0.287 e. The molecular weight excluding hydrogens is 209 g/mol. The smallest absolute Gasteiger partial charge is 0.258 e. The van der Waals surface area contributed by atoms with Crippen LogP contribution in [0.3, 0.4) is 0 Å². The first-order chi connectivity index (χ1) is 5.73. The van der Waals surface area contributed by atoms with E-state index in [4.69, 9.17) is 11.2 Å². The maximum Gasteiger partial charge on any atom is 0.258 e. The van der Waals surface area contributed by atoms with Gasteiger partial charge in [0.05, 0.1) is 0 Å². The summed E-state index contributed by atoms with van der Waals surface area (Å²) < 4.78 is 11.6. The predicted molar refractivity (Wildman–Crippen MR) is 57.8 cm³/mol. The highest BCUT2D eigenvalue weighted by Crippen LogP contribution is 2.48. The quantitative estimate of drug-likeness (QED) is 0.558. The van der Waals surface area contributed by atoms with Crippen LogP contribution in [0.2, 0.25) is 0 Å². The lowest BCUT2D eigenvalue weighted by Crippen LogP contribution is -2.50. The summed E-state index contributed by atoms with van der Waals surface area (Å²) in [7, 11) is 0. The van der Waals surface area contributed by atoms with Crippen molar-refractivity contribution in [1.29, 1.82) is 0 Å². The third-order valence-corrected chi connectivity index (χ3v) is 2.52. The maximum absolute atomic E-state index is 11.6. The van der Waals surface area contributed by atoms with Gasteiger partial charge >= 0.3 is 0 Å². The number of hydrogen-bond acceptors (Lipinski definition) is 3. The topological polar surface area (TPSA) is 44.4 Å². The van der Waals surface area contributed by atoms with Crippen molar-refractivity contribution in [3.8, 4) is 0 Å². The van der Waals surface area contributed by atoms with E-state index in [0.717, 1.165) is 0 Å². The minimum Gasteiger partial charge on any atom is -0.287 e. The summed E-state index contributed by atoms with van der Waals surface area (Å²) in [5, 5.41) is 0. The number of halogens is 1. The third kappa shape index (κ3) is 6.47. The molecule has 0 bridgehead atoms. The molecule has 0 aliphatic carbocycles. The van der Waals surface area contributed by atoms with Gasteiger partial charge in [-0.15, -0.1) is 4.89 Å². The van der Waals surface area contributed by atoms with Crippen LogP contribution in [0.25, 0.3) is 0 Å². The SMILES string of the molecule is CC(C)NN(NC(C)C)P(C)(=O)Cl. The lowest BCUT2D eigenvalue weighted by Gasteiger charge is -2.29. The fraction of sp³-hybridized carbons (Fsp3) is 1.00. The summed E-state index contributed by atoms with van der Waals surface area (Å²) in [5.74, 6) is 0. The van der Waals surface area contributed by atoms with E-state index in [1.54, 1.807) is 0 Å². The number of hydrazine groups is 2. The number of rotatable bonds is 5. The molecular formula is C7H19ClN3OP. The van der Waals surface area contributed by atoms with Crippen LogP contribution in [0, 0.1) is 0 Å². The Hall–Kier alpha value is 0.400. The normalized spacial score (nSPS) is 17.0. The van der Waals surface area contributed by atoms with Crippen molar-refractivity contribution in [2.75, 3.05) is 6.66 Å². The van der Waals surface area contributed by atoms with E-state index in [9.17, 15) is 4.57 Å². The highest BCUT2D eigenvalue weighted by Gasteiger charge is 2.23. The molecule has 1 atom stereocenters. The summed E-state index contributed by atoms with van der Waals surface area (Å²) in [6, 6.07) is 0.386. The van der Waals surface area contributed by atoms with Crippen molar-refractivity contribution < 1.29 is 4.57 Å². The molecule has 0 radical (unpaired) electrons. The highest BCUT2D eigenvalue weighted by molar-refractivity contribution is 7.86. The number of nitrogens with one attached hydrogen (secondary N) is 2. The monoisotopic (exact) mass is 227 g/mol. The Morgan fingerprint density at radius 3 is 1.62 bits per heavy atom. The molecule has 1 unspecified atom stereocenters. The predicted octanol–water partition coefficient (Wildman–Crippen LogP) is 2.18. The van der Waals surface area contributed by atoms with Gasteiger partial charge in [-0.1, -0.05) is 0 Å². The molecule has 0 aromatic heterocycles. The lowest BCUT2D eigenvalue weighted by atomic mass is 10.4. The molecule has 80 valence electrons. The van der Waals surface area contributed by atoms with Crippen molar-refractivity contribution >= 4 is 17.9 Å². The average Bonchev–Trinajstić information content (AvgIpc) is 1.81. The Labute approximate surface area is 85.2 Å². The van der Waals surface area contributed by atoms with E-state index in [-0.39, 0.29) is 12.1 Å². The summed E-state index contributed by atoms with van der Waals surface area (Å²) in [6.07, 6.45) is 0. The van der Waals surface area contributed by atoms with Gasteiger partial charge in [0.2, 0.25) is 0 Å². The van der Waals surface area contributed by atoms with Gasteiger partial charge in [0, 0.05) is 18.7 Å². The Bertz CT molecular complexity index is 182. The van der Waals surface area contributed by atoms with E-state index in [0.29, 0.717) is 0 Å². The van der Waals surface area contributed by atoms with Gasteiger partial charge in [-0.05, 0) is 38.9 Å². The van der Waals surface area contributed by atoms with Crippen LogP contribution in [0.1, 0.15) is 27.7 Å². The molecule has 4 nitrogen and oxygen atoms in total. The molecule has 0 aromatic carbocycles. The second-order valence-electron chi connectivity index (χ2n) is 3.66. The van der Waals surface area contributed by atoms with E-state index in [2.05, 4.69) is 10.9 Å². The average molecular weight is 228 g/mol. The van der Waals surface area contributed by atoms with Gasteiger partial charge in [-0.25, -0.2) is 10.9 Å². The van der Waals surface area contributed by atoms with Gasteiger partial charge in [-0.3, -0.25) is 4.57 Å². The van der Waals surface area contributed by atoms with E-state index < -0.39 is 6.65 Å². The van der Waals surface area contributed by atoms with E-state index in [1.165, 1.54) is 11.6 Å². The third-order valence-electron chi connectivity index (χ3n) is 1.12. The number of nitrogens with zero attached hydrogens (tertiary/aromatic N) is 1. The lowest BCUT2D eigenvalue weighted by molar-refractivity contribution is 0.196. The van der Waals surface area contributed by atoms with Crippen LogP contribution in [0.4, 0.5) is 0 Å². The van der Waals surface area contributed by atoms with Crippen LogP contribution in [-0.4, -0.2) is 23.6 Å². The van der Waals surface area contributed by atoms with Crippen molar-refractivity contribution in [2.45, 2.75) is 39.8 Å². The second-order valence-corrected chi connectivity index (χ2v) is 7.49. The van der Waals surface area contributed by atoms with Crippen LogP contribution < -0.4 is 10.9 Å². The van der Waals surface area contributed by atoms with Crippen LogP contribution in [-0.2, 0) is 4.57 Å². The van der Waals surface area contributed by atoms with Crippen molar-refractivity contribution in [1.82, 2.24) is 15.7 Å². The van der Waals surface area contributed by atoms with Crippen LogP contribution in [0.5, 0.6) is 0 Å². The first-order valence-corrected chi connectivity index (χ1v) is 7.34. The highest BCUT2D eigenvalue weighted by atomic mass is 35.7. The van der Waals surface area contributed by atoms with Crippen molar-refractivity contribution in [3.63, 3.8) is 0 Å². The standard InChI is InChI=1S/C7H19ClN3OP/c1-6(2)9-11(10-7(3)4)13(5,8)12/h6-7,9-10H,1-5H3. The summed E-state index contributed by atoms with van der Waals surface area (Å²) in [6.45, 7) is 6.54. The number of hydrogen-bond donors (Lipinski definition) is 2. The summed E-state index contributed by atoms with van der Waals surface area (Å²) >= 11 is 5.74. The zero-order valence-electron chi connectivity index (χ0n) is 8.84. The first kappa shape index (κ1) is 13.4. The Morgan fingerprint density at radius 2 is 1.46 bits per heavy atom. The molecule has 0 saturated heterocycles. The second kappa shape index (κ2) is 5.32. The van der Waals surface area contributed by atoms with Crippen LogP contribution in [0.15, 0.2) is 0 Å². The summed E-state index contributed by atoms with van der Waals surface area (Å²) in [5.41, 5.74) is 5.96.